The maximum absolute atomic E-state index is 13.1. The molecule has 0 saturated carbocycles. The van der Waals surface area contributed by atoms with Crippen LogP contribution in [0.3, 0.4) is 0 Å². The highest BCUT2D eigenvalue weighted by Gasteiger charge is 2.46. The monoisotopic (exact) mass is 357 g/mol. The zero-order chi connectivity index (χ0) is 18.7. The Morgan fingerprint density at radius 3 is 2.73 bits per heavy atom. The average Bonchev–Trinajstić information content (AvgIpc) is 3.05. The molecule has 1 N–H and O–H groups in total. The summed E-state index contributed by atoms with van der Waals surface area (Å²) in [5, 5.41) is 7.11. The summed E-state index contributed by atoms with van der Waals surface area (Å²) in [6.07, 6.45) is 2.07. The van der Waals surface area contributed by atoms with Crippen LogP contribution in [0.1, 0.15) is 45.6 Å². The number of nitrogens with zero attached hydrogens (tertiary/aromatic N) is 2. The molecular formula is C20H27N3O3. The quantitative estimate of drug-likeness (QED) is 0.899. The lowest BCUT2D eigenvalue weighted by Gasteiger charge is -2.36. The first-order valence-electron chi connectivity index (χ1n) is 9.29. The van der Waals surface area contributed by atoms with Crippen molar-refractivity contribution < 1.29 is 14.4 Å². The molecule has 0 aromatic heterocycles. The van der Waals surface area contributed by atoms with Gasteiger partial charge in [-0.3, -0.25) is 9.59 Å². The standard InChI is InChI=1S/C20H27N3O3/c1-14(2)21-18(24)16-10-7-11-23(13-16)19(25)20(3)12-17(22-26-20)15-8-5-4-6-9-15/h4-6,8-9,14,16H,7,10-13H2,1-3H3,(H,21,24)/t16-,20+/m0/s1. The molecule has 1 fully saturated rings. The minimum atomic E-state index is -0.998. The average molecular weight is 357 g/mol. The van der Waals surface area contributed by atoms with Crippen molar-refractivity contribution in [3.05, 3.63) is 35.9 Å². The van der Waals surface area contributed by atoms with Gasteiger partial charge in [-0.15, -0.1) is 0 Å². The van der Waals surface area contributed by atoms with Crippen LogP contribution in [-0.4, -0.2) is 47.2 Å². The lowest BCUT2D eigenvalue weighted by atomic mass is 9.91. The fourth-order valence-corrected chi connectivity index (χ4v) is 3.55. The van der Waals surface area contributed by atoms with Crippen molar-refractivity contribution >= 4 is 17.5 Å². The van der Waals surface area contributed by atoms with E-state index in [2.05, 4.69) is 10.5 Å². The predicted molar refractivity (Wildman–Crippen MR) is 99.7 cm³/mol. The van der Waals surface area contributed by atoms with E-state index in [-0.39, 0.29) is 23.8 Å². The molecule has 0 bridgehead atoms. The first-order chi connectivity index (χ1) is 12.4. The van der Waals surface area contributed by atoms with E-state index in [0.717, 1.165) is 24.1 Å². The highest BCUT2D eigenvalue weighted by atomic mass is 16.7. The number of hydrogen-bond donors (Lipinski definition) is 1. The van der Waals surface area contributed by atoms with Crippen LogP contribution < -0.4 is 5.32 Å². The summed E-state index contributed by atoms with van der Waals surface area (Å²) in [5.41, 5.74) is 0.756. The first-order valence-corrected chi connectivity index (χ1v) is 9.29. The van der Waals surface area contributed by atoms with Crippen LogP contribution in [-0.2, 0) is 14.4 Å². The largest absolute Gasteiger partial charge is 0.379 e. The number of oxime groups is 1. The molecule has 2 aliphatic heterocycles. The van der Waals surface area contributed by atoms with Crippen molar-refractivity contribution in [2.45, 2.75) is 51.7 Å². The molecular weight excluding hydrogens is 330 g/mol. The molecule has 140 valence electrons. The van der Waals surface area contributed by atoms with Crippen molar-refractivity contribution in [3.63, 3.8) is 0 Å². The van der Waals surface area contributed by atoms with Crippen LogP contribution >= 0.6 is 0 Å². The maximum atomic E-state index is 13.1. The molecule has 26 heavy (non-hydrogen) atoms. The molecule has 1 aromatic rings. The van der Waals surface area contributed by atoms with Crippen molar-refractivity contribution in [2.75, 3.05) is 13.1 Å². The molecule has 0 aliphatic carbocycles. The fraction of sp³-hybridized carbons (Fsp3) is 0.550. The third-order valence-corrected chi connectivity index (χ3v) is 4.93. The van der Waals surface area contributed by atoms with Crippen molar-refractivity contribution in [1.29, 1.82) is 0 Å². The molecule has 3 rings (SSSR count). The van der Waals surface area contributed by atoms with Gasteiger partial charge in [0.15, 0.2) is 0 Å². The predicted octanol–water partition coefficient (Wildman–Crippen LogP) is 2.33. The number of hydrogen-bond acceptors (Lipinski definition) is 4. The van der Waals surface area contributed by atoms with Crippen molar-refractivity contribution in [3.8, 4) is 0 Å². The van der Waals surface area contributed by atoms with Crippen LogP contribution in [0.4, 0.5) is 0 Å². The number of benzene rings is 1. The summed E-state index contributed by atoms with van der Waals surface area (Å²) in [6, 6.07) is 9.86. The zero-order valence-corrected chi connectivity index (χ0v) is 15.7. The second kappa shape index (κ2) is 7.48. The van der Waals surface area contributed by atoms with E-state index < -0.39 is 5.60 Å². The second-order valence-corrected chi connectivity index (χ2v) is 7.66. The highest BCUT2D eigenvalue weighted by Crippen LogP contribution is 2.30. The molecule has 1 aromatic carbocycles. The lowest BCUT2D eigenvalue weighted by molar-refractivity contribution is -0.155. The van der Waals surface area contributed by atoms with Gasteiger partial charge in [-0.1, -0.05) is 35.5 Å². The number of carbonyl (C=O) groups is 2. The Labute approximate surface area is 154 Å². The topological polar surface area (TPSA) is 71.0 Å². The van der Waals surface area contributed by atoms with Crippen LogP contribution in [0.15, 0.2) is 35.5 Å². The molecule has 0 spiro atoms. The number of likely N-dealkylation sites (tertiary alicyclic amines) is 1. The van der Waals surface area contributed by atoms with Gasteiger partial charge in [0.05, 0.1) is 11.6 Å². The summed E-state index contributed by atoms with van der Waals surface area (Å²) in [4.78, 5) is 32.7. The molecule has 2 atom stereocenters. The van der Waals surface area contributed by atoms with E-state index >= 15 is 0 Å². The number of piperidine rings is 1. The lowest BCUT2D eigenvalue weighted by Crippen LogP contribution is -2.53. The molecule has 6 heteroatoms. The Morgan fingerprint density at radius 1 is 1.31 bits per heavy atom. The third kappa shape index (κ3) is 3.89. The minimum absolute atomic E-state index is 0.0243. The van der Waals surface area contributed by atoms with Crippen LogP contribution in [0.5, 0.6) is 0 Å². The van der Waals surface area contributed by atoms with Crippen LogP contribution in [0.2, 0.25) is 0 Å². The zero-order valence-electron chi connectivity index (χ0n) is 15.7. The second-order valence-electron chi connectivity index (χ2n) is 7.66. The molecule has 2 heterocycles. The van der Waals surface area contributed by atoms with Gasteiger partial charge < -0.3 is 15.1 Å². The third-order valence-electron chi connectivity index (χ3n) is 4.93. The van der Waals surface area contributed by atoms with Gasteiger partial charge in [0.25, 0.3) is 5.91 Å². The van der Waals surface area contributed by atoms with Gasteiger partial charge in [-0.05, 0) is 39.2 Å². The Bertz CT molecular complexity index is 702. The first kappa shape index (κ1) is 18.4. The molecule has 6 nitrogen and oxygen atoms in total. The van der Waals surface area contributed by atoms with Gasteiger partial charge in [-0.2, -0.15) is 0 Å². The van der Waals surface area contributed by atoms with Gasteiger partial charge >= 0.3 is 0 Å². The number of rotatable bonds is 4. The summed E-state index contributed by atoms with van der Waals surface area (Å²) in [7, 11) is 0. The minimum Gasteiger partial charge on any atom is -0.379 e. The van der Waals surface area contributed by atoms with E-state index in [1.807, 2.05) is 44.2 Å². The Morgan fingerprint density at radius 2 is 2.04 bits per heavy atom. The van der Waals surface area contributed by atoms with Gasteiger partial charge in [0.2, 0.25) is 11.5 Å². The number of carbonyl (C=O) groups excluding carboxylic acids is 2. The smallest absolute Gasteiger partial charge is 0.269 e. The normalized spacial score (nSPS) is 25.6. The van der Waals surface area contributed by atoms with Gasteiger partial charge in [0.1, 0.15) is 0 Å². The molecule has 2 aliphatic rings. The van der Waals surface area contributed by atoms with E-state index in [9.17, 15) is 9.59 Å². The highest BCUT2D eigenvalue weighted by molar-refractivity contribution is 6.05. The number of amides is 2. The summed E-state index contributed by atoms with van der Waals surface area (Å²) < 4.78 is 0. The molecule has 1 saturated heterocycles. The maximum Gasteiger partial charge on any atom is 0.269 e. The Hall–Kier alpha value is -2.37. The SMILES string of the molecule is CC(C)NC(=O)[C@H]1CCCN(C(=O)[C@@]2(C)CC(c3ccccc3)=NO2)C1. The fourth-order valence-electron chi connectivity index (χ4n) is 3.55. The summed E-state index contributed by atoms with van der Waals surface area (Å²) >= 11 is 0. The Kier molecular flexibility index (Phi) is 5.30. The summed E-state index contributed by atoms with van der Waals surface area (Å²) in [6.45, 7) is 6.77. The van der Waals surface area contributed by atoms with Gasteiger partial charge in [0, 0.05) is 25.6 Å². The van der Waals surface area contributed by atoms with Crippen molar-refractivity contribution in [2.24, 2.45) is 11.1 Å². The van der Waals surface area contributed by atoms with Crippen molar-refractivity contribution in [1.82, 2.24) is 10.2 Å². The van der Waals surface area contributed by atoms with E-state index in [1.54, 1.807) is 11.8 Å². The summed E-state index contributed by atoms with van der Waals surface area (Å²) in [5.74, 6) is -0.222. The van der Waals surface area contributed by atoms with E-state index in [1.165, 1.54) is 0 Å². The van der Waals surface area contributed by atoms with E-state index in [4.69, 9.17) is 4.84 Å². The van der Waals surface area contributed by atoms with E-state index in [0.29, 0.717) is 19.5 Å². The Balaban J connectivity index is 1.64. The number of nitrogens with one attached hydrogen (secondary N) is 1. The van der Waals surface area contributed by atoms with Crippen LogP contribution in [0, 0.1) is 5.92 Å². The molecule has 2 amide bonds. The van der Waals surface area contributed by atoms with Crippen LogP contribution in [0.25, 0.3) is 0 Å². The van der Waals surface area contributed by atoms with Gasteiger partial charge in [-0.25, -0.2) is 0 Å². The molecule has 0 unspecified atom stereocenters. The molecule has 0 radical (unpaired) electrons.